The third-order valence-electron chi connectivity index (χ3n) is 1.85. The Morgan fingerprint density at radius 3 is 2.50 bits per heavy atom. The first-order valence-corrected chi connectivity index (χ1v) is 5.67. The Bertz CT molecular complexity index is 301. The van der Waals surface area contributed by atoms with E-state index in [1.54, 1.807) is 6.08 Å². The third kappa shape index (κ3) is 4.82. The molecule has 0 aliphatic heterocycles. The fraction of sp³-hybridized carbons (Fsp3) is 0.462. The molecule has 0 heterocycles. The summed E-state index contributed by atoms with van der Waals surface area (Å²) in [5, 5.41) is 0. The lowest BCUT2D eigenvalue weighted by molar-refractivity contribution is 0.240. The maximum atomic E-state index is 5.90. The van der Waals surface area contributed by atoms with E-state index in [1.807, 2.05) is 26.0 Å². The molecule has 0 fully saturated rings. The topological polar surface area (TPSA) is 47.6 Å². The van der Waals surface area contributed by atoms with Gasteiger partial charge in [0, 0.05) is 6.54 Å². The fourth-order valence-corrected chi connectivity index (χ4v) is 1.27. The number of hydrogen-bond donors (Lipinski definition) is 1. The molecule has 0 spiro atoms. The Morgan fingerprint density at radius 1 is 1.38 bits per heavy atom. The summed E-state index contributed by atoms with van der Waals surface area (Å²) in [5.74, 6) is 1.25. The van der Waals surface area contributed by atoms with E-state index in [4.69, 9.17) is 10.5 Å². The number of hydrogen-bond acceptors (Lipinski definition) is 2. The number of ether oxygens (including phenoxy) is 1. The number of allylic oxidation sites excluding steroid dienone is 3. The van der Waals surface area contributed by atoms with Crippen LogP contribution in [0.25, 0.3) is 0 Å². The molecule has 0 aromatic rings. The van der Waals surface area contributed by atoms with Crippen LogP contribution in [0, 0.1) is 0 Å². The van der Waals surface area contributed by atoms with E-state index in [0.29, 0.717) is 19.0 Å². The molecule has 0 bridgehead atoms. The van der Waals surface area contributed by atoms with Crippen LogP contribution in [-0.2, 0) is 4.74 Å². The van der Waals surface area contributed by atoms with Gasteiger partial charge in [0.1, 0.15) is 11.6 Å². The molecular formula is C13H22N2O. The van der Waals surface area contributed by atoms with Gasteiger partial charge in [-0.1, -0.05) is 25.7 Å². The van der Waals surface area contributed by atoms with Gasteiger partial charge in [-0.2, -0.15) is 0 Å². The van der Waals surface area contributed by atoms with Crippen LogP contribution in [0.2, 0.25) is 0 Å². The fourth-order valence-electron chi connectivity index (χ4n) is 1.27. The molecule has 16 heavy (non-hydrogen) atoms. The van der Waals surface area contributed by atoms with Gasteiger partial charge < -0.3 is 10.5 Å². The third-order valence-corrected chi connectivity index (χ3v) is 1.85. The van der Waals surface area contributed by atoms with Crippen molar-refractivity contribution in [3.63, 3.8) is 0 Å². The molecule has 0 aromatic heterocycles. The smallest absolute Gasteiger partial charge is 0.129 e. The maximum Gasteiger partial charge on any atom is 0.129 e. The highest BCUT2D eigenvalue weighted by molar-refractivity contribution is 6.00. The second-order valence-electron chi connectivity index (χ2n) is 3.09. The van der Waals surface area contributed by atoms with Crippen LogP contribution in [0.15, 0.2) is 41.1 Å². The van der Waals surface area contributed by atoms with Crippen LogP contribution in [0.3, 0.4) is 0 Å². The minimum atomic E-state index is 0.519. The average molecular weight is 222 g/mol. The van der Waals surface area contributed by atoms with Crippen molar-refractivity contribution in [2.75, 3.05) is 13.2 Å². The van der Waals surface area contributed by atoms with Crippen molar-refractivity contribution < 1.29 is 4.74 Å². The predicted octanol–water partition coefficient (Wildman–Crippen LogP) is 2.81. The first-order valence-electron chi connectivity index (χ1n) is 5.67. The van der Waals surface area contributed by atoms with E-state index in [2.05, 4.69) is 18.5 Å². The first kappa shape index (κ1) is 14.5. The van der Waals surface area contributed by atoms with Gasteiger partial charge in [0.2, 0.25) is 0 Å². The Labute approximate surface area is 98.4 Å². The van der Waals surface area contributed by atoms with Crippen LogP contribution in [-0.4, -0.2) is 19.0 Å². The lowest BCUT2D eigenvalue weighted by Gasteiger charge is -2.12. The zero-order valence-electron chi connectivity index (χ0n) is 10.5. The largest absolute Gasteiger partial charge is 0.493 e. The van der Waals surface area contributed by atoms with Gasteiger partial charge in [-0.15, -0.1) is 0 Å². The van der Waals surface area contributed by atoms with Crippen molar-refractivity contribution in [1.82, 2.24) is 0 Å². The number of rotatable bonds is 7. The summed E-state index contributed by atoms with van der Waals surface area (Å²) in [7, 11) is 0. The van der Waals surface area contributed by atoms with Gasteiger partial charge in [-0.05, 0) is 26.3 Å². The molecule has 0 radical (unpaired) electrons. The Kier molecular flexibility index (Phi) is 7.94. The molecule has 3 heteroatoms. The quantitative estimate of drug-likeness (QED) is 0.311. The van der Waals surface area contributed by atoms with Crippen LogP contribution in [0.5, 0.6) is 0 Å². The van der Waals surface area contributed by atoms with Gasteiger partial charge in [0.25, 0.3) is 0 Å². The van der Waals surface area contributed by atoms with Crippen molar-refractivity contribution >= 4 is 5.84 Å². The second-order valence-corrected chi connectivity index (χ2v) is 3.09. The van der Waals surface area contributed by atoms with Crippen molar-refractivity contribution in [2.45, 2.75) is 27.2 Å². The highest BCUT2D eigenvalue weighted by Crippen LogP contribution is 2.13. The van der Waals surface area contributed by atoms with E-state index in [-0.39, 0.29) is 0 Å². The van der Waals surface area contributed by atoms with Crippen molar-refractivity contribution in [1.29, 1.82) is 0 Å². The van der Waals surface area contributed by atoms with Gasteiger partial charge in [-0.25, -0.2) is 0 Å². The summed E-state index contributed by atoms with van der Waals surface area (Å²) in [4.78, 5) is 4.20. The van der Waals surface area contributed by atoms with E-state index >= 15 is 0 Å². The Balaban J connectivity index is 5.16. The van der Waals surface area contributed by atoms with E-state index in [9.17, 15) is 0 Å². The van der Waals surface area contributed by atoms with Gasteiger partial charge >= 0.3 is 0 Å². The molecule has 0 amide bonds. The molecule has 0 aliphatic carbocycles. The maximum absolute atomic E-state index is 5.90. The summed E-state index contributed by atoms with van der Waals surface area (Å²) in [6.45, 7) is 10.9. The van der Waals surface area contributed by atoms with Gasteiger partial charge in [-0.3, -0.25) is 4.99 Å². The zero-order valence-corrected chi connectivity index (χ0v) is 10.5. The lowest BCUT2D eigenvalue weighted by Crippen LogP contribution is -2.18. The minimum absolute atomic E-state index is 0.519. The standard InChI is InChI=1S/C13H22N2O/c1-5-9-11(13(14)15-7-3)12(10-6-2)16-8-4/h6,9-10H,2,5,7-8H2,1,3-4H3,(H2,14,15)/b11-9+,12-10+. The van der Waals surface area contributed by atoms with Crippen LogP contribution >= 0.6 is 0 Å². The van der Waals surface area contributed by atoms with Gasteiger partial charge in [0.15, 0.2) is 0 Å². The van der Waals surface area contributed by atoms with Crippen LogP contribution in [0.1, 0.15) is 27.2 Å². The summed E-state index contributed by atoms with van der Waals surface area (Å²) in [6, 6.07) is 0. The second kappa shape index (κ2) is 8.77. The van der Waals surface area contributed by atoms with E-state index in [1.165, 1.54) is 0 Å². The molecule has 0 saturated carbocycles. The highest BCUT2D eigenvalue weighted by atomic mass is 16.5. The van der Waals surface area contributed by atoms with Crippen molar-refractivity contribution in [3.05, 3.63) is 36.1 Å². The molecule has 90 valence electrons. The monoisotopic (exact) mass is 222 g/mol. The van der Waals surface area contributed by atoms with E-state index in [0.717, 1.165) is 17.8 Å². The molecule has 0 atom stereocenters. The van der Waals surface area contributed by atoms with Crippen molar-refractivity contribution in [2.24, 2.45) is 10.7 Å². The Morgan fingerprint density at radius 2 is 2.06 bits per heavy atom. The van der Waals surface area contributed by atoms with Crippen LogP contribution in [0.4, 0.5) is 0 Å². The molecule has 0 aliphatic rings. The molecule has 0 aromatic carbocycles. The lowest BCUT2D eigenvalue weighted by atomic mass is 10.1. The summed E-state index contributed by atoms with van der Waals surface area (Å²) >= 11 is 0. The summed E-state index contributed by atoms with van der Waals surface area (Å²) < 4.78 is 5.53. The SMILES string of the molecule is C=C\C=C(OCC)/C(=C\CC)C(/N)=N\CC. The molecule has 0 unspecified atom stereocenters. The van der Waals surface area contributed by atoms with Crippen molar-refractivity contribution in [3.8, 4) is 0 Å². The van der Waals surface area contributed by atoms with E-state index < -0.39 is 0 Å². The number of nitrogens with zero attached hydrogens (tertiary/aromatic N) is 1. The number of amidine groups is 1. The predicted molar refractivity (Wildman–Crippen MR) is 70.4 cm³/mol. The average Bonchev–Trinajstić information content (AvgIpc) is 2.26. The zero-order chi connectivity index (χ0) is 12.4. The highest BCUT2D eigenvalue weighted by Gasteiger charge is 2.09. The number of aliphatic imine (C=N–C) groups is 1. The summed E-state index contributed by atoms with van der Waals surface area (Å²) in [6.07, 6.45) is 6.40. The molecular weight excluding hydrogens is 200 g/mol. The molecule has 0 rings (SSSR count). The molecule has 2 N–H and O–H groups in total. The van der Waals surface area contributed by atoms with Gasteiger partial charge in [0.05, 0.1) is 12.2 Å². The Hall–Kier alpha value is -1.51. The number of nitrogens with two attached hydrogens (primary N) is 1. The minimum Gasteiger partial charge on any atom is -0.493 e. The first-order chi connectivity index (χ1) is 7.71. The normalized spacial score (nSPS) is 13.8. The molecule has 0 saturated heterocycles. The molecule has 3 nitrogen and oxygen atoms in total. The summed E-state index contributed by atoms with van der Waals surface area (Å²) in [5.41, 5.74) is 6.76. The van der Waals surface area contributed by atoms with Crippen LogP contribution < -0.4 is 5.73 Å².